The molecule has 4 atom stereocenters. The average molecular weight is 174 g/mol. The standard InChI is InChI=1S/C7H8ClNO2/c8-6-4-1-2-5(3-4)7(6)9(10)11/h1-2,4-7H,3H2/t4?,5?,6-,7-/m1/s1. The number of rotatable bonds is 1. The van der Waals surface area contributed by atoms with Gasteiger partial charge in [0.25, 0.3) is 0 Å². The Labute approximate surface area is 69.2 Å². The molecule has 0 aromatic rings. The molecule has 0 aromatic carbocycles. The minimum absolute atomic E-state index is 0.0949. The van der Waals surface area contributed by atoms with Gasteiger partial charge >= 0.3 is 0 Å². The van der Waals surface area contributed by atoms with E-state index in [-0.39, 0.29) is 22.1 Å². The van der Waals surface area contributed by atoms with Crippen molar-refractivity contribution in [2.24, 2.45) is 11.8 Å². The van der Waals surface area contributed by atoms with Crippen molar-refractivity contribution in [2.45, 2.75) is 17.8 Å². The van der Waals surface area contributed by atoms with E-state index in [1.54, 1.807) is 0 Å². The van der Waals surface area contributed by atoms with Gasteiger partial charge in [-0.3, -0.25) is 10.1 Å². The first-order chi connectivity index (χ1) is 5.20. The third kappa shape index (κ3) is 0.872. The highest BCUT2D eigenvalue weighted by Crippen LogP contribution is 2.43. The van der Waals surface area contributed by atoms with E-state index in [1.165, 1.54) is 0 Å². The SMILES string of the molecule is O=[N+]([O-])[C@@H]1C2C=CC(C2)[C@H]1Cl. The van der Waals surface area contributed by atoms with Crippen LogP contribution in [0.25, 0.3) is 0 Å². The van der Waals surface area contributed by atoms with Crippen LogP contribution in [0.2, 0.25) is 0 Å². The highest BCUT2D eigenvalue weighted by Gasteiger charge is 2.50. The van der Waals surface area contributed by atoms with Gasteiger partial charge in [-0.15, -0.1) is 11.6 Å². The zero-order valence-corrected chi connectivity index (χ0v) is 6.57. The summed E-state index contributed by atoms with van der Waals surface area (Å²) in [6.45, 7) is 0. The van der Waals surface area contributed by atoms with Crippen molar-refractivity contribution in [2.75, 3.05) is 0 Å². The Morgan fingerprint density at radius 1 is 1.45 bits per heavy atom. The van der Waals surface area contributed by atoms with Crippen LogP contribution in [0.1, 0.15) is 6.42 Å². The number of fused-ring (bicyclic) bond motifs is 2. The fraction of sp³-hybridized carbons (Fsp3) is 0.714. The average Bonchev–Trinajstić information content (AvgIpc) is 2.44. The maximum Gasteiger partial charge on any atom is 0.236 e. The lowest BCUT2D eigenvalue weighted by Gasteiger charge is -2.14. The lowest BCUT2D eigenvalue weighted by Crippen LogP contribution is -2.33. The van der Waals surface area contributed by atoms with E-state index in [4.69, 9.17) is 11.6 Å². The molecule has 0 radical (unpaired) electrons. The van der Waals surface area contributed by atoms with E-state index < -0.39 is 6.04 Å². The van der Waals surface area contributed by atoms with Crippen LogP contribution in [0, 0.1) is 22.0 Å². The van der Waals surface area contributed by atoms with Crippen LogP contribution in [0.3, 0.4) is 0 Å². The maximum atomic E-state index is 10.5. The monoisotopic (exact) mass is 173 g/mol. The summed E-state index contributed by atoms with van der Waals surface area (Å²) in [7, 11) is 0. The molecule has 1 saturated carbocycles. The van der Waals surface area contributed by atoms with E-state index in [0.717, 1.165) is 6.42 Å². The summed E-state index contributed by atoms with van der Waals surface area (Å²) in [6, 6.07) is -0.535. The van der Waals surface area contributed by atoms with Gasteiger partial charge in [0.05, 0.1) is 0 Å². The van der Waals surface area contributed by atoms with Crippen molar-refractivity contribution in [3.8, 4) is 0 Å². The normalized spacial score (nSPS) is 46.6. The number of allylic oxidation sites excluding steroid dienone is 1. The van der Waals surface area contributed by atoms with E-state index in [0.29, 0.717) is 0 Å². The first-order valence-electron chi connectivity index (χ1n) is 3.66. The van der Waals surface area contributed by atoms with Gasteiger partial charge in [-0.2, -0.15) is 0 Å². The molecule has 0 N–H and O–H groups in total. The number of alkyl halides is 1. The molecule has 11 heavy (non-hydrogen) atoms. The topological polar surface area (TPSA) is 43.1 Å². The molecular weight excluding hydrogens is 166 g/mol. The predicted molar refractivity (Wildman–Crippen MR) is 41.2 cm³/mol. The van der Waals surface area contributed by atoms with Gasteiger partial charge in [-0.25, -0.2) is 0 Å². The Bertz CT molecular complexity index is 228. The summed E-state index contributed by atoms with van der Waals surface area (Å²) < 4.78 is 0. The Hall–Kier alpha value is -0.570. The molecule has 0 aromatic heterocycles. The molecule has 0 aliphatic heterocycles. The Morgan fingerprint density at radius 3 is 2.45 bits per heavy atom. The molecule has 2 bridgehead atoms. The van der Waals surface area contributed by atoms with Crippen LogP contribution in [0.4, 0.5) is 0 Å². The quantitative estimate of drug-likeness (QED) is 0.261. The van der Waals surface area contributed by atoms with Crippen molar-refractivity contribution in [3.05, 3.63) is 22.3 Å². The molecule has 0 amide bonds. The van der Waals surface area contributed by atoms with Crippen LogP contribution in [0.15, 0.2) is 12.2 Å². The number of nitro groups is 1. The highest BCUT2D eigenvalue weighted by atomic mass is 35.5. The van der Waals surface area contributed by atoms with Gasteiger partial charge in [-0.1, -0.05) is 12.2 Å². The fourth-order valence-corrected chi connectivity index (χ4v) is 2.47. The van der Waals surface area contributed by atoms with E-state index in [1.807, 2.05) is 12.2 Å². The molecule has 4 heteroatoms. The highest BCUT2D eigenvalue weighted by molar-refractivity contribution is 6.21. The molecule has 2 unspecified atom stereocenters. The summed E-state index contributed by atoms with van der Waals surface area (Å²) in [6.07, 6.45) is 4.80. The van der Waals surface area contributed by atoms with Gasteiger partial charge < -0.3 is 0 Å². The third-order valence-electron chi connectivity index (χ3n) is 2.57. The number of nitrogens with zero attached hydrogens (tertiary/aromatic N) is 1. The van der Waals surface area contributed by atoms with Gasteiger partial charge in [-0.05, 0) is 6.42 Å². The summed E-state index contributed by atoms with van der Waals surface area (Å²) in [5.74, 6) is 0.342. The molecule has 1 fully saturated rings. The minimum atomic E-state index is -0.535. The zero-order valence-electron chi connectivity index (χ0n) is 5.81. The first kappa shape index (κ1) is 7.10. The van der Waals surface area contributed by atoms with E-state index in [2.05, 4.69) is 0 Å². The largest absolute Gasteiger partial charge is 0.264 e. The molecule has 2 rings (SSSR count). The Balaban J connectivity index is 2.25. The van der Waals surface area contributed by atoms with Crippen molar-refractivity contribution in [1.29, 1.82) is 0 Å². The summed E-state index contributed by atoms with van der Waals surface area (Å²) in [5.41, 5.74) is 0. The van der Waals surface area contributed by atoms with Gasteiger partial charge in [0, 0.05) is 16.8 Å². The smallest absolute Gasteiger partial charge is 0.236 e. The maximum absolute atomic E-state index is 10.5. The van der Waals surface area contributed by atoms with Crippen LogP contribution in [0.5, 0.6) is 0 Å². The third-order valence-corrected chi connectivity index (χ3v) is 3.15. The second kappa shape index (κ2) is 2.21. The lowest BCUT2D eigenvalue weighted by atomic mass is 10.0. The molecule has 0 spiro atoms. The number of hydrogen-bond acceptors (Lipinski definition) is 2. The van der Waals surface area contributed by atoms with Crippen molar-refractivity contribution in [1.82, 2.24) is 0 Å². The molecule has 0 saturated heterocycles. The van der Waals surface area contributed by atoms with E-state index >= 15 is 0 Å². The van der Waals surface area contributed by atoms with Crippen molar-refractivity contribution >= 4 is 11.6 Å². The van der Waals surface area contributed by atoms with Crippen LogP contribution in [-0.2, 0) is 0 Å². The van der Waals surface area contributed by atoms with Gasteiger partial charge in [0.2, 0.25) is 6.04 Å². The number of hydrogen-bond donors (Lipinski definition) is 0. The molecule has 60 valence electrons. The predicted octanol–water partition coefficient (Wildman–Crippen LogP) is 1.44. The zero-order chi connectivity index (χ0) is 8.01. The molecule has 2 aliphatic carbocycles. The summed E-state index contributed by atoms with van der Waals surface area (Å²) >= 11 is 5.88. The summed E-state index contributed by atoms with van der Waals surface area (Å²) in [4.78, 5) is 10.2. The molecular formula is C7H8ClNO2. The van der Waals surface area contributed by atoms with Gasteiger partial charge in [0.1, 0.15) is 5.38 Å². The lowest BCUT2D eigenvalue weighted by molar-refractivity contribution is -0.525. The first-order valence-corrected chi connectivity index (χ1v) is 4.09. The summed E-state index contributed by atoms with van der Waals surface area (Å²) in [5, 5.41) is 10.2. The van der Waals surface area contributed by atoms with Crippen LogP contribution >= 0.6 is 11.6 Å². The second-order valence-corrected chi connectivity index (χ2v) is 3.67. The second-order valence-electron chi connectivity index (χ2n) is 3.17. The minimum Gasteiger partial charge on any atom is -0.264 e. The van der Waals surface area contributed by atoms with Gasteiger partial charge in [0.15, 0.2) is 0 Å². The Kier molecular flexibility index (Phi) is 1.42. The molecule has 0 heterocycles. The van der Waals surface area contributed by atoms with Crippen LogP contribution in [-0.4, -0.2) is 16.3 Å². The van der Waals surface area contributed by atoms with E-state index in [9.17, 15) is 10.1 Å². The molecule has 2 aliphatic rings. The molecule has 3 nitrogen and oxygen atoms in total. The number of halogens is 1. The Morgan fingerprint density at radius 2 is 2.09 bits per heavy atom. The van der Waals surface area contributed by atoms with Crippen molar-refractivity contribution in [3.63, 3.8) is 0 Å². The van der Waals surface area contributed by atoms with Crippen LogP contribution < -0.4 is 0 Å². The van der Waals surface area contributed by atoms with Crippen molar-refractivity contribution < 1.29 is 4.92 Å². The fourth-order valence-electron chi connectivity index (χ4n) is 2.01.